The first-order chi connectivity index (χ1) is 14.7. The number of hydrogen-bond acceptors (Lipinski definition) is 6. The lowest BCUT2D eigenvalue weighted by Gasteiger charge is -2.30. The molecule has 1 aliphatic rings. The fraction of sp³-hybridized carbons (Fsp3) is 0.273. The second-order valence-corrected chi connectivity index (χ2v) is 8.32. The molecule has 7 nitrogen and oxygen atoms in total. The van der Waals surface area contributed by atoms with Crippen molar-refractivity contribution >= 4 is 17.2 Å². The van der Waals surface area contributed by atoms with Crippen molar-refractivity contribution in [3.05, 3.63) is 64.7 Å². The molecule has 152 valence electrons. The number of aromatic nitrogens is 4. The highest BCUT2D eigenvalue weighted by molar-refractivity contribution is 7.10. The van der Waals surface area contributed by atoms with E-state index in [1.54, 1.807) is 17.5 Å². The Kier molecular flexibility index (Phi) is 4.92. The second kappa shape index (κ2) is 7.87. The lowest BCUT2D eigenvalue weighted by atomic mass is 9.97. The van der Waals surface area contributed by atoms with Crippen molar-refractivity contribution in [1.82, 2.24) is 25.0 Å². The van der Waals surface area contributed by atoms with Crippen LogP contribution in [0, 0.1) is 6.92 Å². The Labute approximate surface area is 177 Å². The molecule has 0 aliphatic carbocycles. The van der Waals surface area contributed by atoms with Crippen LogP contribution < -0.4 is 0 Å². The van der Waals surface area contributed by atoms with E-state index in [0.717, 1.165) is 59.2 Å². The molecule has 0 atom stereocenters. The summed E-state index contributed by atoms with van der Waals surface area (Å²) in [6.07, 6.45) is 4.92. The van der Waals surface area contributed by atoms with Gasteiger partial charge in [-0.25, -0.2) is 9.97 Å². The minimum absolute atomic E-state index is 0.0124. The topological polar surface area (TPSA) is 87.9 Å². The molecule has 1 saturated heterocycles. The molecular formula is C22H21N5O2S. The first-order valence-corrected chi connectivity index (χ1v) is 10.8. The number of H-pyrrole nitrogens is 1. The van der Waals surface area contributed by atoms with Crippen LogP contribution in [0.4, 0.5) is 0 Å². The lowest BCUT2D eigenvalue weighted by molar-refractivity contribution is 0.0707. The van der Waals surface area contributed by atoms with Crippen molar-refractivity contribution in [3.8, 4) is 22.5 Å². The first kappa shape index (κ1) is 18.7. The van der Waals surface area contributed by atoms with Crippen molar-refractivity contribution in [2.75, 3.05) is 13.1 Å². The highest BCUT2D eigenvalue weighted by atomic mass is 32.1. The molecule has 1 N–H and O–H groups in total. The number of carbonyl (C=O) groups excluding carboxylic acids is 1. The molecule has 4 aromatic rings. The zero-order chi connectivity index (χ0) is 20.5. The first-order valence-electron chi connectivity index (χ1n) is 9.96. The minimum atomic E-state index is 0.0124. The molecule has 1 fully saturated rings. The Balaban J connectivity index is 1.33. The fourth-order valence-electron chi connectivity index (χ4n) is 3.93. The highest BCUT2D eigenvalue weighted by Gasteiger charge is 2.28. The number of likely N-dealkylation sites (tertiary alicyclic amines) is 1. The molecule has 1 aliphatic heterocycles. The summed E-state index contributed by atoms with van der Waals surface area (Å²) in [5.41, 5.74) is 4.25. The number of piperidine rings is 1. The summed E-state index contributed by atoms with van der Waals surface area (Å²) in [5, 5.41) is 7.47. The Morgan fingerprint density at radius 2 is 2.03 bits per heavy atom. The van der Waals surface area contributed by atoms with Gasteiger partial charge in [0.2, 0.25) is 0 Å². The summed E-state index contributed by atoms with van der Waals surface area (Å²) in [5.74, 6) is 1.14. The van der Waals surface area contributed by atoms with Gasteiger partial charge in [-0.15, -0.1) is 11.3 Å². The van der Waals surface area contributed by atoms with Gasteiger partial charge in [-0.05, 0) is 19.8 Å². The number of carbonyl (C=O) groups is 1. The summed E-state index contributed by atoms with van der Waals surface area (Å²) < 4.78 is 5.50. The Bertz CT molecular complexity index is 1140. The summed E-state index contributed by atoms with van der Waals surface area (Å²) in [4.78, 5) is 26.2. The molecule has 30 heavy (non-hydrogen) atoms. The van der Waals surface area contributed by atoms with Crippen LogP contribution in [0.25, 0.3) is 22.5 Å². The third-order valence-electron chi connectivity index (χ3n) is 5.55. The van der Waals surface area contributed by atoms with Gasteiger partial charge in [-0.2, -0.15) is 0 Å². The van der Waals surface area contributed by atoms with E-state index in [0.29, 0.717) is 11.6 Å². The van der Waals surface area contributed by atoms with Gasteiger partial charge < -0.3 is 14.4 Å². The second-order valence-electron chi connectivity index (χ2n) is 7.43. The van der Waals surface area contributed by atoms with Crippen molar-refractivity contribution < 1.29 is 9.32 Å². The van der Waals surface area contributed by atoms with Crippen LogP contribution in [0.5, 0.6) is 0 Å². The number of rotatable bonds is 4. The smallest absolute Gasteiger partial charge is 0.271 e. The van der Waals surface area contributed by atoms with Crippen LogP contribution in [0.3, 0.4) is 0 Å². The molecule has 0 radical (unpaired) electrons. The molecule has 1 amide bonds. The van der Waals surface area contributed by atoms with E-state index in [2.05, 4.69) is 20.5 Å². The van der Waals surface area contributed by atoms with E-state index in [-0.39, 0.29) is 5.91 Å². The molecule has 0 saturated carbocycles. The summed E-state index contributed by atoms with van der Waals surface area (Å²) >= 11 is 1.67. The van der Waals surface area contributed by atoms with Crippen molar-refractivity contribution in [2.24, 2.45) is 0 Å². The Hall–Kier alpha value is -3.26. The maximum atomic E-state index is 12.5. The molecule has 4 heterocycles. The van der Waals surface area contributed by atoms with Gasteiger partial charge >= 0.3 is 0 Å². The van der Waals surface area contributed by atoms with Crippen LogP contribution in [0.15, 0.2) is 52.8 Å². The van der Waals surface area contributed by atoms with E-state index in [9.17, 15) is 4.79 Å². The maximum Gasteiger partial charge on any atom is 0.271 e. The normalized spacial score (nSPS) is 14.9. The zero-order valence-corrected chi connectivity index (χ0v) is 17.4. The standard InChI is InChI=1S/C22H21N5O2S/c1-14-19(20(26-29-14)15-5-3-2-4-6-15)18-12-30-21(25-18)16-7-9-27(10-8-16)22(28)17-11-23-13-24-17/h2-6,11-13,16H,7-10H2,1H3,(H,23,24). The predicted molar refractivity (Wildman–Crippen MR) is 114 cm³/mol. The molecule has 5 rings (SSSR count). The van der Waals surface area contributed by atoms with Crippen LogP contribution in [-0.2, 0) is 0 Å². The van der Waals surface area contributed by atoms with Gasteiger partial charge in [0.25, 0.3) is 5.91 Å². The summed E-state index contributed by atoms with van der Waals surface area (Å²) in [6.45, 7) is 3.37. The molecule has 0 unspecified atom stereocenters. The van der Waals surface area contributed by atoms with Gasteiger partial charge in [0.15, 0.2) is 0 Å². The highest BCUT2D eigenvalue weighted by Crippen LogP contribution is 2.38. The SMILES string of the molecule is Cc1onc(-c2ccccc2)c1-c1csc(C2CCN(C(=O)c3cnc[nH]3)CC2)n1. The number of aryl methyl sites for hydroxylation is 1. The third kappa shape index (κ3) is 3.43. The van der Waals surface area contributed by atoms with E-state index >= 15 is 0 Å². The minimum Gasteiger partial charge on any atom is -0.360 e. The van der Waals surface area contributed by atoms with Gasteiger partial charge in [-0.1, -0.05) is 35.5 Å². The molecule has 0 spiro atoms. The quantitative estimate of drug-likeness (QED) is 0.526. The number of amides is 1. The van der Waals surface area contributed by atoms with E-state index in [4.69, 9.17) is 9.51 Å². The van der Waals surface area contributed by atoms with Crippen molar-refractivity contribution in [3.63, 3.8) is 0 Å². The molecule has 8 heteroatoms. The predicted octanol–water partition coefficient (Wildman–Crippen LogP) is 4.52. The average Bonchev–Trinajstić information content (AvgIpc) is 3.55. The number of nitrogens with one attached hydrogen (secondary N) is 1. The number of hydrogen-bond donors (Lipinski definition) is 1. The maximum absolute atomic E-state index is 12.5. The Morgan fingerprint density at radius 3 is 2.77 bits per heavy atom. The number of imidazole rings is 1. The van der Waals surface area contributed by atoms with Crippen LogP contribution >= 0.6 is 11.3 Å². The molecule has 0 bridgehead atoms. The lowest BCUT2D eigenvalue weighted by Crippen LogP contribution is -2.38. The van der Waals surface area contributed by atoms with Crippen LogP contribution in [0.1, 0.15) is 40.0 Å². The average molecular weight is 420 g/mol. The molecule has 1 aromatic carbocycles. The molecular weight excluding hydrogens is 398 g/mol. The largest absolute Gasteiger partial charge is 0.360 e. The van der Waals surface area contributed by atoms with E-state index in [1.807, 2.05) is 42.2 Å². The van der Waals surface area contributed by atoms with Crippen molar-refractivity contribution in [2.45, 2.75) is 25.7 Å². The summed E-state index contributed by atoms with van der Waals surface area (Å²) in [6, 6.07) is 10.0. The Morgan fingerprint density at radius 1 is 1.23 bits per heavy atom. The zero-order valence-electron chi connectivity index (χ0n) is 16.5. The number of nitrogens with zero attached hydrogens (tertiary/aromatic N) is 4. The van der Waals surface area contributed by atoms with Gasteiger partial charge in [0.05, 0.1) is 28.8 Å². The third-order valence-corrected chi connectivity index (χ3v) is 6.56. The monoisotopic (exact) mass is 419 g/mol. The molecule has 3 aromatic heterocycles. The van der Waals surface area contributed by atoms with E-state index in [1.165, 1.54) is 6.33 Å². The number of benzene rings is 1. The van der Waals surface area contributed by atoms with Gasteiger partial charge in [0.1, 0.15) is 17.1 Å². The number of thiazole rings is 1. The fourth-order valence-corrected chi connectivity index (χ4v) is 4.91. The van der Waals surface area contributed by atoms with Gasteiger partial charge in [0, 0.05) is 30.0 Å². The number of aromatic amines is 1. The summed E-state index contributed by atoms with van der Waals surface area (Å²) in [7, 11) is 0. The van der Waals surface area contributed by atoms with Crippen LogP contribution in [-0.4, -0.2) is 44.0 Å². The van der Waals surface area contributed by atoms with Crippen molar-refractivity contribution in [1.29, 1.82) is 0 Å². The van der Waals surface area contributed by atoms with Gasteiger partial charge in [-0.3, -0.25) is 4.79 Å². The van der Waals surface area contributed by atoms with Crippen LogP contribution in [0.2, 0.25) is 0 Å². The van der Waals surface area contributed by atoms with E-state index < -0.39 is 0 Å².